The van der Waals surface area contributed by atoms with Crippen molar-refractivity contribution in [2.45, 2.75) is 64.5 Å². The van der Waals surface area contributed by atoms with Crippen molar-refractivity contribution in [1.82, 2.24) is 5.32 Å². The molecule has 3 unspecified atom stereocenters. The smallest absolute Gasteiger partial charge is 0.220 e. The largest absolute Gasteiger partial charge is 0.378 e. The molecule has 1 spiro atoms. The van der Waals surface area contributed by atoms with Crippen molar-refractivity contribution in [3.8, 4) is 0 Å². The van der Waals surface area contributed by atoms with Gasteiger partial charge in [-0.15, -0.1) is 0 Å². The van der Waals surface area contributed by atoms with Crippen LogP contribution >= 0.6 is 0 Å². The number of ether oxygens (including phenoxy) is 1. The number of carbonyl (C=O) groups excluding carboxylic acids is 1. The number of hydrogen-bond acceptors (Lipinski definition) is 2. The lowest BCUT2D eigenvalue weighted by atomic mass is 9.70. The number of hydrogen-bond donors (Lipinski definition) is 1. The minimum Gasteiger partial charge on any atom is -0.378 e. The molecular weight excluding hydrogens is 202 g/mol. The van der Waals surface area contributed by atoms with Gasteiger partial charge in [0, 0.05) is 24.5 Å². The van der Waals surface area contributed by atoms with Gasteiger partial charge in [-0.05, 0) is 25.7 Å². The topological polar surface area (TPSA) is 38.3 Å². The summed E-state index contributed by atoms with van der Waals surface area (Å²) in [6, 6.07) is 0.378. The van der Waals surface area contributed by atoms with Crippen molar-refractivity contribution in [1.29, 1.82) is 0 Å². The van der Waals surface area contributed by atoms with Gasteiger partial charge < -0.3 is 10.1 Å². The summed E-state index contributed by atoms with van der Waals surface area (Å²) >= 11 is 0. The van der Waals surface area contributed by atoms with E-state index in [0.29, 0.717) is 12.1 Å². The molecule has 2 fully saturated rings. The summed E-state index contributed by atoms with van der Waals surface area (Å²) in [5.74, 6) is 0.240. The summed E-state index contributed by atoms with van der Waals surface area (Å²) in [5.41, 5.74) is 0.198. The van der Waals surface area contributed by atoms with Gasteiger partial charge in [0.25, 0.3) is 0 Å². The summed E-state index contributed by atoms with van der Waals surface area (Å²) < 4.78 is 5.79. The normalized spacial score (nSPS) is 39.0. The third kappa shape index (κ3) is 2.10. The van der Waals surface area contributed by atoms with E-state index in [1.807, 2.05) is 0 Å². The van der Waals surface area contributed by atoms with Gasteiger partial charge in [0.1, 0.15) is 0 Å². The second kappa shape index (κ2) is 4.74. The van der Waals surface area contributed by atoms with Crippen LogP contribution in [0, 0.1) is 5.41 Å². The van der Waals surface area contributed by atoms with Crippen LogP contribution in [0.1, 0.15) is 52.4 Å². The fourth-order valence-corrected chi connectivity index (χ4v) is 3.40. The lowest BCUT2D eigenvalue weighted by molar-refractivity contribution is -0.120. The molecule has 1 amide bonds. The Morgan fingerprint density at radius 2 is 2.31 bits per heavy atom. The highest BCUT2D eigenvalue weighted by Crippen LogP contribution is 2.45. The molecule has 2 saturated heterocycles. The van der Waals surface area contributed by atoms with E-state index in [1.54, 1.807) is 0 Å². The van der Waals surface area contributed by atoms with Crippen LogP contribution in [0.5, 0.6) is 0 Å². The van der Waals surface area contributed by atoms with Crippen molar-refractivity contribution in [2.24, 2.45) is 5.41 Å². The fraction of sp³-hybridized carbons (Fsp3) is 0.923. The maximum Gasteiger partial charge on any atom is 0.220 e. The van der Waals surface area contributed by atoms with E-state index in [1.165, 1.54) is 6.42 Å². The molecule has 3 nitrogen and oxygen atoms in total. The van der Waals surface area contributed by atoms with Crippen LogP contribution in [-0.2, 0) is 9.53 Å². The van der Waals surface area contributed by atoms with Crippen LogP contribution in [-0.4, -0.2) is 24.7 Å². The van der Waals surface area contributed by atoms with Gasteiger partial charge >= 0.3 is 0 Å². The minimum atomic E-state index is 0.198. The highest BCUT2D eigenvalue weighted by Gasteiger charge is 2.48. The van der Waals surface area contributed by atoms with Gasteiger partial charge in [-0.2, -0.15) is 0 Å². The van der Waals surface area contributed by atoms with Crippen LogP contribution in [0.15, 0.2) is 0 Å². The minimum absolute atomic E-state index is 0.198. The molecule has 1 N–H and O–H groups in total. The first-order valence-corrected chi connectivity index (χ1v) is 6.61. The molecule has 2 aliphatic heterocycles. The summed E-state index contributed by atoms with van der Waals surface area (Å²) in [6.45, 7) is 5.19. The Balaban J connectivity index is 2.07. The Kier molecular flexibility index (Phi) is 3.53. The van der Waals surface area contributed by atoms with E-state index in [-0.39, 0.29) is 11.3 Å². The second-order valence-corrected chi connectivity index (χ2v) is 5.30. The number of rotatable bonds is 3. The second-order valence-electron chi connectivity index (χ2n) is 5.30. The third-order valence-electron chi connectivity index (χ3n) is 4.19. The van der Waals surface area contributed by atoms with Crippen LogP contribution in [0.3, 0.4) is 0 Å². The SMILES string of the molecule is CCCC1CC2(CCO1)CC(=O)NC2CC. The zero-order valence-electron chi connectivity index (χ0n) is 10.4. The Morgan fingerprint density at radius 3 is 3.00 bits per heavy atom. The van der Waals surface area contributed by atoms with Gasteiger partial charge in [-0.1, -0.05) is 20.3 Å². The first kappa shape index (κ1) is 11.9. The maximum absolute atomic E-state index is 11.6. The molecule has 2 heterocycles. The van der Waals surface area contributed by atoms with Crippen molar-refractivity contribution in [3.63, 3.8) is 0 Å². The number of nitrogens with one attached hydrogen (secondary N) is 1. The van der Waals surface area contributed by atoms with Crippen LogP contribution in [0.25, 0.3) is 0 Å². The first-order chi connectivity index (χ1) is 7.70. The summed E-state index contributed by atoms with van der Waals surface area (Å²) in [4.78, 5) is 11.6. The van der Waals surface area contributed by atoms with Gasteiger partial charge in [0.2, 0.25) is 5.91 Å². The molecule has 2 aliphatic rings. The zero-order chi connectivity index (χ0) is 11.6. The Labute approximate surface area is 97.9 Å². The average molecular weight is 225 g/mol. The van der Waals surface area contributed by atoms with Gasteiger partial charge in [-0.3, -0.25) is 4.79 Å². The number of amides is 1. The Morgan fingerprint density at radius 1 is 1.50 bits per heavy atom. The van der Waals surface area contributed by atoms with Crippen LogP contribution < -0.4 is 5.32 Å². The van der Waals surface area contributed by atoms with Gasteiger partial charge in [-0.25, -0.2) is 0 Å². The zero-order valence-corrected chi connectivity index (χ0v) is 10.4. The molecule has 0 aromatic heterocycles. The van der Waals surface area contributed by atoms with E-state index in [9.17, 15) is 4.79 Å². The van der Waals surface area contributed by atoms with Gasteiger partial charge in [0.05, 0.1) is 6.10 Å². The highest BCUT2D eigenvalue weighted by molar-refractivity contribution is 5.80. The maximum atomic E-state index is 11.6. The molecule has 2 rings (SSSR count). The molecule has 0 aromatic carbocycles. The molecule has 3 heteroatoms. The molecule has 16 heavy (non-hydrogen) atoms. The van der Waals surface area contributed by atoms with Crippen molar-refractivity contribution in [3.05, 3.63) is 0 Å². The van der Waals surface area contributed by atoms with E-state index < -0.39 is 0 Å². The highest BCUT2D eigenvalue weighted by atomic mass is 16.5. The molecule has 3 atom stereocenters. The molecule has 0 radical (unpaired) electrons. The van der Waals surface area contributed by atoms with Crippen LogP contribution in [0.2, 0.25) is 0 Å². The molecule has 0 aliphatic carbocycles. The summed E-state index contributed by atoms with van der Waals surface area (Å²) in [6.07, 6.45) is 6.55. The van der Waals surface area contributed by atoms with Crippen molar-refractivity contribution >= 4 is 5.91 Å². The van der Waals surface area contributed by atoms with Crippen molar-refractivity contribution < 1.29 is 9.53 Å². The van der Waals surface area contributed by atoms with Crippen LogP contribution in [0.4, 0.5) is 0 Å². The Hall–Kier alpha value is -0.570. The fourth-order valence-electron chi connectivity index (χ4n) is 3.40. The Bertz CT molecular complexity index is 265. The lowest BCUT2D eigenvalue weighted by Crippen LogP contribution is -2.43. The lowest BCUT2D eigenvalue weighted by Gasteiger charge is -2.41. The molecule has 92 valence electrons. The summed E-state index contributed by atoms with van der Waals surface area (Å²) in [7, 11) is 0. The summed E-state index contributed by atoms with van der Waals surface area (Å²) in [5, 5.41) is 3.13. The average Bonchev–Trinajstić information content (AvgIpc) is 2.55. The monoisotopic (exact) mass is 225 g/mol. The van der Waals surface area contributed by atoms with E-state index in [0.717, 1.165) is 38.7 Å². The predicted octanol–water partition coefficient (Wildman–Crippen LogP) is 2.25. The van der Waals surface area contributed by atoms with E-state index in [4.69, 9.17) is 4.74 Å². The van der Waals surface area contributed by atoms with Crippen molar-refractivity contribution in [2.75, 3.05) is 6.61 Å². The molecular formula is C13H23NO2. The number of carbonyl (C=O) groups is 1. The van der Waals surface area contributed by atoms with E-state index >= 15 is 0 Å². The molecule has 0 saturated carbocycles. The predicted molar refractivity (Wildman–Crippen MR) is 63.2 cm³/mol. The molecule has 0 aromatic rings. The quantitative estimate of drug-likeness (QED) is 0.800. The van der Waals surface area contributed by atoms with Gasteiger partial charge in [0.15, 0.2) is 0 Å². The van der Waals surface area contributed by atoms with E-state index in [2.05, 4.69) is 19.2 Å². The molecule has 0 bridgehead atoms. The first-order valence-electron chi connectivity index (χ1n) is 6.61. The standard InChI is InChI=1S/C13H23NO2/c1-3-5-10-8-13(6-7-16-10)9-12(15)14-11(13)4-2/h10-11H,3-9H2,1-2H3,(H,14,15). The third-order valence-corrected chi connectivity index (χ3v) is 4.19.